The van der Waals surface area contributed by atoms with E-state index in [4.69, 9.17) is 23.2 Å². The lowest BCUT2D eigenvalue weighted by molar-refractivity contribution is -0.123. The van der Waals surface area contributed by atoms with Crippen LogP contribution in [0.3, 0.4) is 0 Å². The summed E-state index contributed by atoms with van der Waals surface area (Å²) < 4.78 is 0. The molecule has 1 rings (SSSR count). The summed E-state index contributed by atoms with van der Waals surface area (Å²) >= 11 is 11.9. The summed E-state index contributed by atoms with van der Waals surface area (Å²) in [7, 11) is 3.26. The van der Waals surface area contributed by atoms with Crippen LogP contribution in [0, 0.1) is 5.92 Å². The molecule has 1 aromatic rings. The number of rotatable bonds is 8. The third-order valence-corrected chi connectivity index (χ3v) is 4.16. The smallest absolute Gasteiger partial charge is 0.316 e. The molecule has 0 saturated heterocycles. The number of hydrogen-bond acceptors (Lipinski definition) is 3. The van der Waals surface area contributed by atoms with Crippen molar-refractivity contribution in [1.29, 1.82) is 0 Å². The highest BCUT2D eigenvalue weighted by molar-refractivity contribution is 6.36. The highest BCUT2D eigenvalue weighted by Gasteiger charge is 2.23. The second-order valence-corrected chi connectivity index (χ2v) is 7.54. The van der Waals surface area contributed by atoms with E-state index in [9.17, 15) is 14.4 Å². The standard InChI is InChI=1S/C18H26Cl2N4O3/c1-11(2)9-15(17(26)21-7-8-22-18(27)24(3)4)23-16(25)13-6-5-12(19)10-14(13)20/h5-6,10-11,15H,7-9H2,1-4H3,(H,21,26)(H,22,27)(H,23,25)/t15-/m1/s1. The molecule has 7 nitrogen and oxygen atoms in total. The van der Waals surface area contributed by atoms with Gasteiger partial charge < -0.3 is 20.9 Å². The first-order valence-electron chi connectivity index (χ1n) is 8.60. The second kappa shape index (κ2) is 11.0. The molecule has 1 aromatic carbocycles. The maximum absolute atomic E-state index is 12.5. The number of amides is 4. The van der Waals surface area contributed by atoms with E-state index in [2.05, 4.69) is 16.0 Å². The number of carbonyl (C=O) groups is 3. The lowest BCUT2D eigenvalue weighted by atomic mass is 10.0. The van der Waals surface area contributed by atoms with E-state index in [1.54, 1.807) is 20.2 Å². The van der Waals surface area contributed by atoms with Gasteiger partial charge in [0.1, 0.15) is 6.04 Å². The van der Waals surface area contributed by atoms with Crippen LogP contribution < -0.4 is 16.0 Å². The average molecular weight is 417 g/mol. The minimum atomic E-state index is -0.714. The fraction of sp³-hybridized carbons (Fsp3) is 0.500. The summed E-state index contributed by atoms with van der Waals surface area (Å²) in [6.45, 7) is 4.46. The summed E-state index contributed by atoms with van der Waals surface area (Å²) in [6, 6.07) is 3.60. The Morgan fingerprint density at radius 2 is 1.70 bits per heavy atom. The van der Waals surface area contributed by atoms with Crippen LogP contribution in [0.15, 0.2) is 18.2 Å². The molecule has 0 radical (unpaired) electrons. The van der Waals surface area contributed by atoms with Gasteiger partial charge in [0.25, 0.3) is 5.91 Å². The van der Waals surface area contributed by atoms with Crippen LogP contribution in [0.25, 0.3) is 0 Å². The first kappa shape index (κ1) is 23.0. The zero-order valence-electron chi connectivity index (χ0n) is 15.9. The summed E-state index contributed by atoms with van der Waals surface area (Å²) in [5, 5.41) is 8.73. The number of nitrogens with zero attached hydrogens (tertiary/aromatic N) is 1. The number of nitrogens with one attached hydrogen (secondary N) is 3. The van der Waals surface area contributed by atoms with E-state index in [-0.39, 0.29) is 41.5 Å². The maximum atomic E-state index is 12.5. The molecular formula is C18H26Cl2N4O3. The van der Waals surface area contributed by atoms with Gasteiger partial charge in [0, 0.05) is 32.2 Å². The summed E-state index contributed by atoms with van der Waals surface area (Å²) in [5.41, 5.74) is 0.251. The lowest BCUT2D eigenvalue weighted by Crippen LogP contribution is -2.49. The molecule has 0 aliphatic heterocycles. The van der Waals surface area contributed by atoms with Gasteiger partial charge in [0.2, 0.25) is 5.91 Å². The molecule has 150 valence electrons. The molecule has 0 bridgehead atoms. The fourth-order valence-electron chi connectivity index (χ4n) is 2.25. The van der Waals surface area contributed by atoms with E-state index >= 15 is 0 Å². The van der Waals surface area contributed by atoms with Crippen LogP contribution in [-0.2, 0) is 4.79 Å². The van der Waals surface area contributed by atoms with Gasteiger partial charge in [-0.1, -0.05) is 37.0 Å². The maximum Gasteiger partial charge on any atom is 0.316 e. The third-order valence-electron chi connectivity index (χ3n) is 3.61. The van der Waals surface area contributed by atoms with Crippen LogP contribution in [0.1, 0.15) is 30.6 Å². The highest BCUT2D eigenvalue weighted by Crippen LogP contribution is 2.21. The van der Waals surface area contributed by atoms with Crippen molar-refractivity contribution in [2.45, 2.75) is 26.3 Å². The van der Waals surface area contributed by atoms with E-state index in [0.29, 0.717) is 11.4 Å². The molecule has 0 unspecified atom stereocenters. The van der Waals surface area contributed by atoms with Crippen LogP contribution >= 0.6 is 23.2 Å². The zero-order chi connectivity index (χ0) is 20.6. The molecule has 27 heavy (non-hydrogen) atoms. The number of urea groups is 1. The van der Waals surface area contributed by atoms with Crippen molar-refractivity contribution in [3.05, 3.63) is 33.8 Å². The largest absolute Gasteiger partial charge is 0.353 e. The van der Waals surface area contributed by atoms with Gasteiger partial charge in [-0.3, -0.25) is 9.59 Å². The SMILES string of the molecule is CC(C)C[C@@H](NC(=O)c1ccc(Cl)cc1Cl)C(=O)NCCNC(=O)N(C)C. The van der Waals surface area contributed by atoms with E-state index < -0.39 is 11.9 Å². The van der Waals surface area contributed by atoms with Crippen molar-refractivity contribution in [1.82, 2.24) is 20.9 Å². The Morgan fingerprint density at radius 3 is 2.26 bits per heavy atom. The van der Waals surface area contributed by atoms with Crippen LogP contribution in [0.5, 0.6) is 0 Å². The average Bonchev–Trinajstić information content (AvgIpc) is 2.56. The zero-order valence-corrected chi connectivity index (χ0v) is 17.4. The normalized spacial score (nSPS) is 11.7. The van der Waals surface area contributed by atoms with E-state index in [1.807, 2.05) is 13.8 Å². The summed E-state index contributed by atoms with van der Waals surface area (Å²) in [5.74, 6) is -0.574. The quantitative estimate of drug-likeness (QED) is 0.568. The number of halogens is 2. The van der Waals surface area contributed by atoms with Crippen LogP contribution in [0.4, 0.5) is 4.79 Å². The first-order valence-corrected chi connectivity index (χ1v) is 9.36. The predicted octanol–water partition coefficient (Wildman–Crippen LogP) is 2.53. The molecule has 0 aliphatic carbocycles. The minimum Gasteiger partial charge on any atom is -0.353 e. The fourth-order valence-corrected chi connectivity index (χ4v) is 2.74. The monoisotopic (exact) mass is 416 g/mol. The molecule has 0 aromatic heterocycles. The van der Waals surface area contributed by atoms with Gasteiger partial charge in [0.15, 0.2) is 0 Å². The Kier molecular flexibility index (Phi) is 9.38. The molecule has 0 aliphatic rings. The van der Waals surface area contributed by atoms with E-state index in [0.717, 1.165) is 0 Å². The van der Waals surface area contributed by atoms with Gasteiger partial charge in [-0.2, -0.15) is 0 Å². The lowest BCUT2D eigenvalue weighted by Gasteiger charge is -2.21. The molecule has 1 atom stereocenters. The molecular weight excluding hydrogens is 391 g/mol. The first-order chi connectivity index (χ1) is 12.6. The van der Waals surface area contributed by atoms with Gasteiger partial charge in [-0.25, -0.2) is 4.79 Å². The molecule has 0 heterocycles. The third kappa shape index (κ3) is 8.05. The van der Waals surface area contributed by atoms with Crippen molar-refractivity contribution in [3.63, 3.8) is 0 Å². The minimum absolute atomic E-state index is 0.190. The predicted molar refractivity (Wildman–Crippen MR) is 107 cm³/mol. The van der Waals surface area contributed by atoms with Gasteiger partial charge >= 0.3 is 6.03 Å². The Morgan fingerprint density at radius 1 is 1.07 bits per heavy atom. The molecule has 4 amide bonds. The van der Waals surface area contributed by atoms with Crippen molar-refractivity contribution in [3.8, 4) is 0 Å². The Labute approximate surface area is 169 Å². The molecule has 3 N–H and O–H groups in total. The van der Waals surface area contributed by atoms with Crippen molar-refractivity contribution >= 4 is 41.0 Å². The Hall–Kier alpha value is -1.99. The van der Waals surface area contributed by atoms with E-state index in [1.165, 1.54) is 17.0 Å². The number of hydrogen-bond donors (Lipinski definition) is 3. The van der Waals surface area contributed by atoms with Crippen molar-refractivity contribution in [2.24, 2.45) is 5.92 Å². The molecule has 0 fully saturated rings. The van der Waals surface area contributed by atoms with Crippen LogP contribution in [-0.4, -0.2) is 56.0 Å². The number of benzene rings is 1. The topological polar surface area (TPSA) is 90.5 Å². The Balaban J connectivity index is 2.67. The van der Waals surface area contributed by atoms with Crippen molar-refractivity contribution < 1.29 is 14.4 Å². The van der Waals surface area contributed by atoms with Crippen molar-refractivity contribution in [2.75, 3.05) is 27.2 Å². The highest BCUT2D eigenvalue weighted by atomic mass is 35.5. The second-order valence-electron chi connectivity index (χ2n) is 6.70. The van der Waals surface area contributed by atoms with Gasteiger partial charge in [-0.15, -0.1) is 0 Å². The van der Waals surface area contributed by atoms with Gasteiger partial charge in [0.05, 0.1) is 10.6 Å². The molecule has 0 saturated carbocycles. The molecule has 9 heteroatoms. The number of carbonyl (C=O) groups excluding carboxylic acids is 3. The molecule has 0 spiro atoms. The summed E-state index contributed by atoms with van der Waals surface area (Å²) in [4.78, 5) is 37.8. The Bertz CT molecular complexity index is 681. The summed E-state index contributed by atoms with van der Waals surface area (Å²) in [6.07, 6.45) is 0.465. The van der Waals surface area contributed by atoms with Gasteiger partial charge in [-0.05, 0) is 30.5 Å². The van der Waals surface area contributed by atoms with Crippen LogP contribution in [0.2, 0.25) is 10.0 Å².